The van der Waals surface area contributed by atoms with Crippen LogP contribution in [0.5, 0.6) is 17.2 Å². The summed E-state index contributed by atoms with van der Waals surface area (Å²) in [5.41, 5.74) is 2.21. The molecule has 32 heavy (non-hydrogen) atoms. The molecule has 1 atom stereocenters. The molecule has 166 valence electrons. The maximum absolute atomic E-state index is 12.2. The van der Waals surface area contributed by atoms with Crippen molar-refractivity contribution in [3.8, 4) is 28.5 Å². The van der Waals surface area contributed by atoms with Crippen LogP contribution in [0.2, 0.25) is 0 Å². The van der Waals surface area contributed by atoms with Gasteiger partial charge in [0.05, 0.1) is 18.0 Å². The van der Waals surface area contributed by atoms with E-state index in [-0.39, 0.29) is 18.4 Å². The molecule has 1 N–H and O–H groups in total. The van der Waals surface area contributed by atoms with Gasteiger partial charge < -0.3 is 19.1 Å². The number of carbonyl (C=O) groups is 2. The summed E-state index contributed by atoms with van der Waals surface area (Å²) in [5.74, 6) is 1.57. The lowest BCUT2D eigenvalue weighted by Crippen LogP contribution is -2.41. The normalized spacial score (nSPS) is 15.0. The number of hydrogen-bond acceptors (Lipinski definition) is 7. The molecule has 3 aromatic rings. The smallest absolute Gasteiger partial charge is 0.267 e. The molecule has 1 unspecified atom stereocenters. The zero-order valence-electron chi connectivity index (χ0n) is 18.0. The Morgan fingerprint density at radius 1 is 1.19 bits per heavy atom. The van der Waals surface area contributed by atoms with Gasteiger partial charge in [-0.3, -0.25) is 14.9 Å². The average Bonchev–Trinajstić information content (AvgIpc) is 3.25. The van der Waals surface area contributed by atoms with Gasteiger partial charge in [0.1, 0.15) is 17.2 Å². The number of likely N-dealkylation sites (N-methyl/N-ethyl adjacent to an activating group) is 1. The van der Waals surface area contributed by atoms with E-state index in [1.54, 1.807) is 43.1 Å². The van der Waals surface area contributed by atoms with Crippen molar-refractivity contribution in [3.05, 3.63) is 47.8 Å². The zero-order valence-corrected chi connectivity index (χ0v) is 18.8. The van der Waals surface area contributed by atoms with Gasteiger partial charge in [-0.1, -0.05) is 0 Å². The van der Waals surface area contributed by atoms with E-state index in [0.717, 1.165) is 11.3 Å². The highest BCUT2D eigenvalue weighted by atomic mass is 32.1. The van der Waals surface area contributed by atoms with E-state index < -0.39 is 6.10 Å². The number of thiazole rings is 1. The minimum atomic E-state index is -0.510. The summed E-state index contributed by atoms with van der Waals surface area (Å²) in [5, 5.41) is 5.06. The van der Waals surface area contributed by atoms with Crippen molar-refractivity contribution in [2.45, 2.75) is 20.0 Å². The number of ether oxygens (including phenoxy) is 3. The van der Waals surface area contributed by atoms with E-state index in [4.69, 9.17) is 14.2 Å². The first-order valence-electron chi connectivity index (χ1n) is 10.1. The number of carbonyl (C=O) groups excluding carboxylic acids is 2. The molecule has 8 nitrogen and oxygen atoms in total. The number of amides is 2. The van der Waals surface area contributed by atoms with Crippen LogP contribution in [0.3, 0.4) is 0 Å². The lowest BCUT2D eigenvalue weighted by molar-refractivity contribution is -0.125. The third-order valence-electron chi connectivity index (χ3n) is 4.85. The van der Waals surface area contributed by atoms with E-state index >= 15 is 0 Å². The molecule has 1 aliphatic heterocycles. The predicted molar refractivity (Wildman–Crippen MR) is 123 cm³/mol. The first kappa shape index (κ1) is 21.6. The van der Waals surface area contributed by atoms with Crippen LogP contribution < -0.4 is 24.4 Å². The lowest BCUT2D eigenvalue weighted by atomic mass is 10.1. The minimum Gasteiger partial charge on any atom is -0.494 e. The van der Waals surface area contributed by atoms with E-state index in [1.807, 2.05) is 30.5 Å². The average molecular weight is 454 g/mol. The monoisotopic (exact) mass is 453 g/mol. The molecule has 0 radical (unpaired) electrons. The molecule has 0 bridgehead atoms. The fourth-order valence-electron chi connectivity index (χ4n) is 3.24. The molecule has 0 fully saturated rings. The van der Waals surface area contributed by atoms with Crippen molar-refractivity contribution in [1.82, 2.24) is 4.98 Å². The third kappa shape index (κ3) is 4.67. The van der Waals surface area contributed by atoms with Gasteiger partial charge in [-0.05, 0) is 56.3 Å². The number of rotatable bonds is 7. The highest BCUT2D eigenvalue weighted by molar-refractivity contribution is 7.14. The van der Waals surface area contributed by atoms with Crippen molar-refractivity contribution in [2.24, 2.45) is 0 Å². The van der Waals surface area contributed by atoms with Gasteiger partial charge in [0.25, 0.3) is 11.8 Å². The number of benzene rings is 2. The summed E-state index contributed by atoms with van der Waals surface area (Å²) in [7, 11) is 1.72. The Kier molecular flexibility index (Phi) is 6.27. The van der Waals surface area contributed by atoms with E-state index in [1.165, 1.54) is 11.3 Å². The molecule has 1 aliphatic rings. The van der Waals surface area contributed by atoms with E-state index in [2.05, 4.69) is 10.3 Å². The molecule has 0 spiro atoms. The van der Waals surface area contributed by atoms with Crippen molar-refractivity contribution in [1.29, 1.82) is 0 Å². The van der Waals surface area contributed by atoms with Crippen LogP contribution >= 0.6 is 11.3 Å². The van der Waals surface area contributed by atoms with Crippen LogP contribution in [0, 0.1) is 0 Å². The molecule has 0 saturated heterocycles. The molecule has 2 amide bonds. The topological polar surface area (TPSA) is 90.0 Å². The third-order valence-corrected chi connectivity index (χ3v) is 5.61. The summed E-state index contributed by atoms with van der Waals surface area (Å²) in [6, 6.07) is 12.6. The number of aromatic nitrogens is 1. The number of nitrogens with one attached hydrogen (secondary N) is 1. The maximum atomic E-state index is 12.2. The number of nitrogens with zero attached hydrogens (tertiary/aromatic N) is 2. The quantitative estimate of drug-likeness (QED) is 0.582. The fourth-order valence-corrected chi connectivity index (χ4v) is 3.97. The second kappa shape index (κ2) is 9.27. The largest absolute Gasteiger partial charge is 0.494 e. The van der Waals surface area contributed by atoms with Crippen LogP contribution in [0.25, 0.3) is 11.3 Å². The first-order valence-corrected chi connectivity index (χ1v) is 11.0. The van der Waals surface area contributed by atoms with Gasteiger partial charge in [0, 0.05) is 18.0 Å². The molecule has 0 aliphatic carbocycles. The molecule has 4 rings (SSSR count). The minimum absolute atomic E-state index is 0.103. The zero-order chi connectivity index (χ0) is 22.7. The van der Waals surface area contributed by atoms with Crippen molar-refractivity contribution < 1.29 is 23.8 Å². The summed E-state index contributed by atoms with van der Waals surface area (Å²) < 4.78 is 16.6. The molecule has 2 heterocycles. The molecule has 1 aromatic heterocycles. The van der Waals surface area contributed by atoms with Crippen LogP contribution in [-0.2, 0) is 9.59 Å². The molecule has 0 saturated carbocycles. The Morgan fingerprint density at radius 2 is 1.91 bits per heavy atom. The Morgan fingerprint density at radius 3 is 2.62 bits per heavy atom. The standard InChI is InChI=1S/C23H23N3O5S/c1-4-29-16-6-8-17(9-7-16)30-12-21(27)25-23-24-18(13-32-23)15-5-10-20-19(11-15)26(3)22(28)14(2)31-20/h5-11,13-14H,4,12H2,1-3H3,(H,24,25,27). The second-order valence-electron chi connectivity index (χ2n) is 7.12. The highest BCUT2D eigenvalue weighted by Gasteiger charge is 2.29. The maximum Gasteiger partial charge on any atom is 0.267 e. The lowest BCUT2D eigenvalue weighted by Gasteiger charge is -2.30. The number of anilines is 2. The van der Waals surface area contributed by atoms with Gasteiger partial charge >= 0.3 is 0 Å². The Labute approximate surface area is 189 Å². The molecule has 9 heteroatoms. The molecule has 2 aromatic carbocycles. The predicted octanol–water partition coefficient (Wildman–Crippen LogP) is 3.97. The van der Waals surface area contributed by atoms with Crippen LogP contribution in [0.1, 0.15) is 13.8 Å². The van der Waals surface area contributed by atoms with E-state index in [9.17, 15) is 9.59 Å². The number of hydrogen-bond donors (Lipinski definition) is 1. The first-order chi connectivity index (χ1) is 15.4. The van der Waals surface area contributed by atoms with Crippen molar-refractivity contribution in [3.63, 3.8) is 0 Å². The van der Waals surface area contributed by atoms with Gasteiger partial charge in [-0.15, -0.1) is 11.3 Å². The Hall–Kier alpha value is -3.59. The van der Waals surface area contributed by atoms with Crippen LogP contribution in [-0.4, -0.2) is 43.2 Å². The van der Waals surface area contributed by atoms with Gasteiger partial charge in [-0.25, -0.2) is 4.98 Å². The van der Waals surface area contributed by atoms with Crippen LogP contribution in [0.15, 0.2) is 47.8 Å². The Bertz CT molecular complexity index is 1130. The van der Waals surface area contributed by atoms with Crippen molar-refractivity contribution in [2.75, 3.05) is 30.5 Å². The summed E-state index contributed by atoms with van der Waals surface area (Å²) in [6.45, 7) is 4.10. The van der Waals surface area contributed by atoms with Crippen molar-refractivity contribution >= 4 is 34.0 Å². The summed E-state index contributed by atoms with van der Waals surface area (Å²) >= 11 is 1.31. The number of fused-ring (bicyclic) bond motifs is 1. The van der Waals surface area contributed by atoms with Crippen LogP contribution in [0.4, 0.5) is 10.8 Å². The Balaban J connectivity index is 1.38. The summed E-state index contributed by atoms with van der Waals surface area (Å²) in [6.07, 6.45) is -0.510. The highest BCUT2D eigenvalue weighted by Crippen LogP contribution is 2.37. The SMILES string of the molecule is CCOc1ccc(OCC(=O)Nc2nc(-c3ccc4c(c3)N(C)C(=O)C(C)O4)cs2)cc1. The fraction of sp³-hybridized carbons (Fsp3) is 0.261. The molecular weight excluding hydrogens is 430 g/mol. The van der Waals surface area contributed by atoms with E-state index in [0.29, 0.717) is 34.6 Å². The van der Waals surface area contributed by atoms with Gasteiger partial charge in [-0.2, -0.15) is 0 Å². The summed E-state index contributed by atoms with van der Waals surface area (Å²) in [4.78, 5) is 30.5. The molecular formula is C23H23N3O5S. The van der Waals surface area contributed by atoms with Gasteiger partial charge in [0.15, 0.2) is 17.8 Å². The second-order valence-corrected chi connectivity index (χ2v) is 7.98. The van der Waals surface area contributed by atoms with Gasteiger partial charge in [0.2, 0.25) is 0 Å².